The van der Waals surface area contributed by atoms with Gasteiger partial charge < -0.3 is 4.90 Å². The van der Waals surface area contributed by atoms with E-state index in [4.69, 9.17) is 0 Å². The molecule has 0 atom stereocenters. The van der Waals surface area contributed by atoms with Gasteiger partial charge in [0.15, 0.2) is 0 Å². The van der Waals surface area contributed by atoms with Gasteiger partial charge >= 0.3 is 17.8 Å². The number of nitrogens with zero attached hydrogens (tertiary/aromatic N) is 3. The minimum absolute atomic E-state index is 0.00353. The first-order chi connectivity index (χ1) is 13.5. The second-order valence-electron chi connectivity index (χ2n) is 6.44. The maximum Gasteiger partial charge on any atom is 0.335 e. The Morgan fingerprint density at radius 1 is 0.821 bits per heavy atom. The van der Waals surface area contributed by atoms with Crippen LogP contribution in [0.5, 0.6) is 0 Å². The summed E-state index contributed by atoms with van der Waals surface area (Å²) in [6, 6.07) is 17.6. The summed E-state index contributed by atoms with van der Waals surface area (Å²) in [6.45, 7) is 2.16. The zero-order valence-corrected chi connectivity index (χ0v) is 15.6. The molecular weight excluding hydrogens is 358 g/mol. The lowest BCUT2D eigenvalue weighted by Crippen LogP contribution is -2.43. The molecule has 0 spiro atoms. The number of likely N-dealkylation sites (N-methyl/N-ethyl adjacent to an activating group) is 1. The molecule has 0 radical (unpaired) electrons. The fourth-order valence-corrected chi connectivity index (χ4v) is 3.01. The predicted octanol–water partition coefficient (Wildman–Crippen LogP) is 2.03. The number of benzene rings is 2. The van der Waals surface area contributed by atoms with E-state index in [0.29, 0.717) is 13.1 Å². The molecule has 28 heavy (non-hydrogen) atoms. The molecule has 2 aromatic rings. The topological polar surface area (TPSA) is 78.0 Å². The molecule has 1 saturated heterocycles. The third-order valence-corrected chi connectivity index (χ3v) is 4.56. The highest BCUT2D eigenvalue weighted by molar-refractivity contribution is 6.44. The summed E-state index contributed by atoms with van der Waals surface area (Å²) in [7, 11) is 0. The van der Waals surface area contributed by atoms with E-state index in [1.807, 2.05) is 43.3 Å². The summed E-state index contributed by atoms with van der Waals surface area (Å²) in [4.78, 5) is 52.9. The van der Waals surface area contributed by atoms with Gasteiger partial charge in [0.2, 0.25) is 5.91 Å². The van der Waals surface area contributed by atoms with E-state index in [1.165, 1.54) is 0 Å². The Labute approximate surface area is 163 Å². The second-order valence-corrected chi connectivity index (χ2v) is 6.44. The number of hydrogen-bond acceptors (Lipinski definition) is 4. The molecule has 144 valence electrons. The zero-order valence-electron chi connectivity index (χ0n) is 15.6. The van der Waals surface area contributed by atoms with Gasteiger partial charge in [-0.2, -0.15) is 0 Å². The minimum atomic E-state index is -0.968. The Morgan fingerprint density at radius 3 is 1.93 bits per heavy atom. The first kappa shape index (κ1) is 19.3. The van der Waals surface area contributed by atoms with Crippen LogP contribution >= 0.6 is 0 Å². The fraction of sp³-hybridized carbons (Fsp3) is 0.238. The molecule has 0 saturated carbocycles. The molecule has 5 amide bonds. The van der Waals surface area contributed by atoms with Crippen LogP contribution in [-0.2, 0) is 27.5 Å². The van der Waals surface area contributed by atoms with E-state index in [1.54, 1.807) is 29.2 Å². The highest BCUT2D eigenvalue weighted by atomic mass is 16.2. The summed E-state index contributed by atoms with van der Waals surface area (Å²) in [5.74, 6) is -2.26. The van der Waals surface area contributed by atoms with Gasteiger partial charge in [0.05, 0.1) is 6.54 Å². The molecule has 7 nitrogen and oxygen atoms in total. The molecule has 0 aliphatic carbocycles. The first-order valence-electron chi connectivity index (χ1n) is 9.04. The first-order valence-corrected chi connectivity index (χ1v) is 9.04. The number of imide groups is 2. The average molecular weight is 379 g/mol. The normalized spacial score (nSPS) is 14.0. The van der Waals surface area contributed by atoms with Gasteiger partial charge in [-0.3, -0.25) is 19.3 Å². The molecule has 7 heteroatoms. The molecule has 3 rings (SSSR count). The van der Waals surface area contributed by atoms with Crippen LogP contribution in [0.4, 0.5) is 4.79 Å². The summed E-state index contributed by atoms with van der Waals surface area (Å²) in [6.07, 6.45) is 0. The molecule has 0 aromatic heterocycles. The fourth-order valence-electron chi connectivity index (χ4n) is 3.01. The Kier molecular flexibility index (Phi) is 5.84. The van der Waals surface area contributed by atoms with Crippen LogP contribution in [0, 0.1) is 0 Å². The van der Waals surface area contributed by atoms with Crippen molar-refractivity contribution >= 4 is 23.8 Å². The lowest BCUT2D eigenvalue weighted by atomic mass is 10.2. The lowest BCUT2D eigenvalue weighted by molar-refractivity contribution is -0.145. The molecule has 0 bridgehead atoms. The molecule has 1 heterocycles. The number of urea groups is 1. The number of amides is 5. The maximum absolute atomic E-state index is 12.6. The number of rotatable bonds is 7. The van der Waals surface area contributed by atoms with Gasteiger partial charge in [0.1, 0.15) is 6.54 Å². The number of hydrogen-bond donors (Lipinski definition) is 0. The van der Waals surface area contributed by atoms with Gasteiger partial charge in [0, 0.05) is 13.1 Å². The summed E-state index contributed by atoms with van der Waals surface area (Å²) < 4.78 is 0. The summed E-state index contributed by atoms with van der Waals surface area (Å²) in [5, 5.41) is 0. The van der Waals surface area contributed by atoms with Crippen molar-refractivity contribution in [3.8, 4) is 0 Å². The summed E-state index contributed by atoms with van der Waals surface area (Å²) in [5.41, 5.74) is 1.67. The molecule has 2 aromatic carbocycles. The van der Waals surface area contributed by atoms with E-state index in [2.05, 4.69) is 0 Å². The van der Waals surface area contributed by atoms with Gasteiger partial charge in [-0.05, 0) is 18.1 Å². The molecule has 1 fully saturated rings. The van der Waals surface area contributed by atoms with Gasteiger partial charge in [0.25, 0.3) is 0 Å². The van der Waals surface area contributed by atoms with E-state index in [0.717, 1.165) is 20.9 Å². The minimum Gasteiger partial charge on any atom is -0.337 e. The van der Waals surface area contributed by atoms with Gasteiger partial charge in [-0.1, -0.05) is 60.7 Å². The van der Waals surface area contributed by atoms with Gasteiger partial charge in [-0.25, -0.2) is 9.69 Å². The molecular formula is C21H21N3O4. The van der Waals surface area contributed by atoms with Crippen molar-refractivity contribution in [3.05, 3.63) is 71.8 Å². The van der Waals surface area contributed by atoms with E-state index in [9.17, 15) is 19.2 Å². The molecule has 1 aliphatic rings. The van der Waals surface area contributed by atoms with Crippen molar-refractivity contribution in [2.24, 2.45) is 0 Å². The zero-order chi connectivity index (χ0) is 20.1. The molecule has 1 aliphatic heterocycles. The average Bonchev–Trinajstić information content (AvgIpc) is 2.91. The van der Waals surface area contributed by atoms with Crippen molar-refractivity contribution in [1.29, 1.82) is 0 Å². The van der Waals surface area contributed by atoms with Crippen LogP contribution in [0.15, 0.2) is 60.7 Å². The standard InChI is InChI=1S/C21H21N3O4/c1-2-22(13-16-9-5-3-6-10-16)18(25)15-24-20(27)19(26)23(21(24)28)14-17-11-7-4-8-12-17/h3-12H,2,13-15H2,1H3. The van der Waals surface area contributed by atoms with Crippen LogP contribution in [0.2, 0.25) is 0 Å². The lowest BCUT2D eigenvalue weighted by Gasteiger charge is -2.23. The Balaban J connectivity index is 1.68. The second kappa shape index (κ2) is 8.47. The SMILES string of the molecule is CCN(Cc1ccccc1)C(=O)CN1C(=O)C(=O)N(Cc2ccccc2)C1=O. The van der Waals surface area contributed by atoms with Gasteiger partial charge in [-0.15, -0.1) is 0 Å². The van der Waals surface area contributed by atoms with Crippen molar-refractivity contribution in [2.45, 2.75) is 20.0 Å². The third kappa shape index (κ3) is 4.09. The van der Waals surface area contributed by atoms with E-state index in [-0.39, 0.29) is 12.5 Å². The van der Waals surface area contributed by atoms with Crippen LogP contribution < -0.4 is 0 Å². The number of carbonyl (C=O) groups excluding carboxylic acids is 4. The van der Waals surface area contributed by atoms with Crippen molar-refractivity contribution < 1.29 is 19.2 Å². The maximum atomic E-state index is 12.6. The highest BCUT2D eigenvalue weighted by Crippen LogP contribution is 2.16. The van der Waals surface area contributed by atoms with Crippen LogP contribution in [0.3, 0.4) is 0 Å². The van der Waals surface area contributed by atoms with Crippen LogP contribution in [-0.4, -0.2) is 51.5 Å². The van der Waals surface area contributed by atoms with E-state index >= 15 is 0 Å². The Morgan fingerprint density at radius 2 is 1.36 bits per heavy atom. The van der Waals surface area contributed by atoms with Crippen LogP contribution in [0.25, 0.3) is 0 Å². The highest BCUT2D eigenvalue weighted by Gasteiger charge is 2.45. The van der Waals surface area contributed by atoms with E-state index < -0.39 is 24.4 Å². The van der Waals surface area contributed by atoms with Crippen molar-refractivity contribution in [2.75, 3.05) is 13.1 Å². The van der Waals surface area contributed by atoms with Crippen molar-refractivity contribution in [3.63, 3.8) is 0 Å². The smallest absolute Gasteiger partial charge is 0.335 e. The van der Waals surface area contributed by atoms with Crippen molar-refractivity contribution in [1.82, 2.24) is 14.7 Å². The van der Waals surface area contributed by atoms with Crippen LogP contribution in [0.1, 0.15) is 18.1 Å². The molecule has 0 unspecified atom stereocenters. The quantitative estimate of drug-likeness (QED) is 0.545. The Hall–Kier alpha value is -3.48. The molecule has 0 N–H and O–H groups in total. The largest absolute Gasteiger partial charge is 0.337 e. The summed E-state index contributed by atoms with van der Waals surface area (Å²) >= 11 is 0. The monoisotopic (exact) mass is 379 g/mol. The predicted molar refractivity (Wildman–Crippen MR) is 102 cm³/mol. The number of carbonyl (C=O) groups is 4. The third-order valence-electron chi connectivity index (χ3n) is 4.56. The Bertz CT molecular complexity index is 883.